The van der Waals surface area contributed by atoms with Gasteiger partial charge in [-0.05, 0) is 12.0 Å². The van der Waals surface area contributed by atoms with Crippen molar-refractivity contribution in [3.63, 3.8) is 0 Å². The first-order valence-corrected chi connectivity index (χ1v) is 8.76. The lowest BCUT2D eigenvalue weighted by Crippen LogP contribution is -2.51. The zero-order valence-corrected chi connectivity index (χ0v) is 15.2. The number of hydrogen-bond acceptors (Lipinski definition) is 5. The molecule has 1 fully saturated rings. The first kappa shape index (κ1) is 18.2. The van der Waals surface area contributed by atoms with Crippen molar-refractivity contribution in [2.24, 2.45) is 0 Å². The quantitative estimate of drug-likeness (QED) is 0.897. The van der Waals surface area contributed by atoms with E-state index in [1.165, 1.54) is 16.9 Å². The Morgan fingerprint density at radius 2 is 2.00 bits per heavy atom. The standard InChI is InChI=1S/C17H24N4S.ClH/c1-2-15-12-20(13-16-10-19-17(18)22-16)8-9-21(15)11-14-6-4-3-5-7-14;/h3-7,10,15H,2,8-9,11-13H2,1H3,(H2,18,19);1H. The number of piperazine rings is 1. The Bertz CT molecular complexity index is 589. The second kappa shape index (κ2) is 8.64. The highest BCUT2D eigenvalue weighted by Crippen LogP contribution is 2.21. The number of hydrogen-bond donors (Lipinski definition) is 1. The lowest BCUT2D eigenvalue weighted by molar-refractivity contribution is 0.0626. The molecule has 1 aliphatic rings. The number of benzene rings is 1. The summed E-state index contributed by atoms with van der Waals surface area (Å²) in [6, 6.07) is 11.4. The van der Waals surface area contributed by atoms with Gasteiger partial charge in [-0.2, -0.15) is 0 Å². The van der Waals surface area contributed by atoms with Crippen LogP contribution in [0.2, 0.25) is 0 Å². The second-order valence-corrected chi connectivity index (χ2v) is 7.06. The third-order valence-electron chi connectivity index (χ3n) is 4.34. The third kappa shape index (κ3) is 4.91. The summed E-state index contributed by atoms with van der Waals surface area (Å²) in [5.74, 6) is 0. The van der Waals surface area contributed by atoms with Gasteiger partial charge in [0.1, 0.15) is 0 Å². The van der Waals surface area contributed by atoms with Crippen molar-refractivity contribution in [1.29, 1.82) is 0 Å². The molecule has 4 nitrogen and oxygen atoms in total. The number of nitrogen functional groups attached to an aromatic ring is 1. The minimum Gasteiger partial charge on any atom is -0.375 e. The van der Waals surface area contributed by atoms with Crippen LogP contribution in [0.1, 0.15) is 23.8 Å². The van der Waals surface area contributed by atoms with Gasteiger partial charge in [-0.1, -0.05) is 37.3 Å². The van der Waals surface area contributed by atoms with Crippen LogP contribution in [0, 0.1) is 0 Å². The Hall–Kier alpha value is -1.14. The van der Waals surface area contributed by atoms with Gasteiger partial charge in [-0.25, -0.2) is 4.98 Å². The molecule has 1 unspecified atom stereocenters. The van der Waals surface area contributed by atoms with Crippen molar-refractivity contribution in [2.45, 2.75) is 32.5 Å². The highest BCUT2D eigenvalue weighted by molar-refractivity contribution is 7.15. The first-order chi connectivity index (χ1) is 10.7. The van der Waals surface area contributed by atoms with E-state index in [-0.39, 0.29) is 12.4 Å². The van der Waals surface area contributed by atoms with Gasteiger partial charge in [0.15, 0.2) is 5.13 Å². The lowest BCUT2D eigenvalue weighted by atomic mass is 10.1. The molecule has 0 spiro atoms. The summed E-state index contributed by atoms with van der Waals surface area (Å²) in [7, 11) is 0. The maximum absolute atomic E-state index is 5.73. The van der Waals surface area contributed by atoms with Crippen LogP contribution < -0.4 is 5.73 Å². The highest BCUT2D eigenvalue weighted by Gasteiger charge is 2.25. The van der Waals surface area contributed by atoms with Gasteiger partial charge in [0.05, 0.1) is 0 Å². The van der Waals surface area contributed by atoms with Gasteiger partial charge in [0, 0.05) is 49.8 Å². The van der Waals surface area contributed by atoms with Gasteiger partial charge in [0.2, 0.25) is 0 Å². The number of nitrogens with zero attached hydrogens (tertiary/aromatic N) is 3. The number of aromatic nitrogens is 1. The lowest BCUT2D eigenvalue weighted by Gasteiger charge is -2.41. The van der Waals surface area contributed by atoms with E-state index in [0.29, 0.717) is 11.2 Å². The van der Waals surface area contributed by atoms with E-state index in [2.05, 4.69) is 52.0 Å². The van der Waals surface area contributed by atoms with E-state index < -0.39 is 0 Å². The van der Waals surface area contributed by atoms with Crippen LogP contribution in [0.4, 0.5) is 5.13 Å². The normalized spacial score (nSPS) is 19.4. The summed E-state index contributed by atoms with van der Waals surface area (Å²) < 4.78 is 0. The average molecular weight is 353 g/mol. The van der Waals surface area contributed by atoms with Crippen LogP contribution in [-0.2, 0) is 13.1 Å². The zero-order valence-electron chi connectivity index (χ0n) is 13.5. The summed E-state index contributed by atoms with van der Waals surface area (Å²) >= 11 is 1.61. The molecule has 2 N–H and O–H groups in total. The summed E-state index contributed by atoms with van der Waals surface area (Å²) in [6.45, 7) is 7.69. The average Bonchev–Trinajstić information content (AvgIpc) is 2.95. The smallest absolute Gasteiger partial charge is 0.180 e. The minimum atomic E-state index is 0. The van der Waals surface area contributed by atoms with Gasteiger partial charge in [-0.3, -0.25) is 9.80 Å². The van der Waals surface area contributed by atoms with Crippen LogP contribution in [0.5, 0.6) is 0 Å². The number of halogens is 1. The van der Waals surface area contributed by atoms with Crippen molar-refractivity contribution >= 4 is 28.9 Å². The molecule has 1 aliphatic heterocycles. The number of anilines is 1. The molecule has 0 bridgehead atoms. The van der Waals surface area contributed by atoms with Crippen LogP contribution >= 0.6 is 23.7 Å². The number of thiazole rings is 1. The Morgan fingerprint density at radius 3 is 2.65 bits per heavy atom. The van der Waals surface area contributed by atoms with Gasteiger partial charge in [0.25, 0.3) is 0 Å². The monoisotopic (exact) mass is 352 g/mol. The molecule has 2 heterocycles. The van der Waals surface area contributed by atoms with Gasteiger partial charge < -0.3 is 5.73 Å². The van der Waals surface area contributed by atoms with Crippen molar-refractivity contribution < 1.29 is 0 Å². The molecule has 23 heavy (non-hydrogen) atoms. The zero-order chi connectivity index (χ0) is 15.4. The number of rotatable bonds is 5. The molecule has 2 aromatic rings. The molecule has 1 saturated heterocycles. The van der Waals surface area contributed by atoms with Crippen LogP contribution in [0.25, 0.3) is 0 Å². The van der Waals surface area contributed by atoms with E-state index in [9.17, 15) is 0 Å². The van der Waals surface area contributed by atoms with E-state index in [1.807, 2.05) is 6.20 Å². The summed E-state index contributed by atoms with van der Waals surface area (Å²) in [5.41, 5.74) is 7.13. The molecule has 1 aromatic heterocycles. The topological polar surface area (TPSA) is 45.4 Å². The van der Waals surface area contributed by atoms with Crippen LogP contribution in [-0.4, -0.2) is 40.5 Å². The van der Waals surface area contributed by atoms with Crippen molar-refractivity contribution in [3.05, 3.63) is 47.0 Å². The molecule has 3 rings (SSSR count). The first-order valence-electron chi connectivity index (χ1n) is 7.95. The van der Waals surface area contributed by atoms with E-state index in [1.54, 1.807) is 11.3 Å². The van der Waals surface area contributed by atoms with Crippen molar-refractivity contribution in [1.82, 2.24) is 14.8 Å². The Balaban J connectivity index is 0.00000192. The third-order valence-corrected chi connectivity index (χ3v) is 5.15. The molecule has 1 atom stereocenters. The predicted molar refractivity (Wildman–Crippen MR) is 100.0 cm³/mol. The molecular weight excluding hydrogens is 328 g/mol. The summed E-state index contributed by atoms with van der Waals surface area (Å²) in [4.78, 5) is 10.6. The van der Waals surface area contributed by atoms with E-state index >= 15 is 0 Å². The Kier molecular flexibility index (Phi) is 6.84. The van der Waals surface area contributed by atoms with Crippen LogP contribution in [0.3, 0.4) is 0 Å². The van der Waals surface area contributed by atoms with Gasteiger partial charge >= 0.3 is 0 Å². The molecule has 1 aromatic carbocycles. The minimum absolute atomic E-state index is 0. The van der Waals surface area contributed by atoms with Crippen molar-refractivity contribution in [2.75, 3.05) is 25.4 Å². The van der Waals surface area contributed by atoms with Crippen LogP contribution in [0.15, 0.2) is 36.5 Å². The Morgan fingerprint density at radius 1 is 1.22 bits per heavy atom. The molecule has 126 valence electrons. The molecule has 0 radical (unpaired) electrons. The SMILES string of the molecule is CCC1CN(Cc2cnc(N)s2)CCN1Cc1ccccc1.Cl. The molecule has 0 amide bonds. The predicted octanol–water partition coefficient (Wildman–Crippen LogP) is 3.24. The molecular formula is C17H25ClN4S. The molecule has 0 saturated carbocycles. The van der Waals surface area contributed by atoms with Gasteiger partial charge in [-0.15, -0.1) is 23.7 Å². The fraction of sp³-hybridized carbons (Fsp3) is 0.471. The fourth-order valence-electron chi connectivity index (χ4n) is 3.13. The Labute approximate surface area is 148 Å². The number of nitrogens with two attached hydrogens (primary N) is 1. The maximum Gasteiger partial charge on any atom is 0.180 e. The largest absolute Gasteiger partial charge is 0.375 e. The second-order valence-electron chi connectivity index (χ2n) is 5.92. The fourth-order valence-corrected chi connectivity index (χ4v) is 3.86. The van der Waals surface area contributed by atoms with E-state index in [0.717, 1.165) is 32.7 Å². The van der Waals surface area contributed by atoms with E-state index in [4.69, 9.17) is 5.73 Å². The summed E-state index contributed by atoms with van der Waals surface area (Å²) in [5, 5.41) is 0.671. The maximum atomic E-state index is 5.73. The highest BCUT2D eigenvalue weighted by atomic mass is 35.5. The summed E-state index contributed by atoms with van der Waals surface area (Å²) in [6.07, 6.45) is 3.10. The molecule has 6 heteroatoms. The van der Waals surface area contributed by atoms with Crippen molar-refractivity contribution in [3.8, 4) is 0 Å². The molecule has 0 aliphatic carbocycles.